The third kappa shape index (κ3) is 3.94. The molecule has 7 heteroatoms. The molecule has 0 saturated heterocycles. The molecule has 144 valence electrons. The zero-order chi connectivity index (χ0) is 19.5. The average molecular weight is 397 g/mol. The molecule has 0 aliphatic heterocycles. The summed E-state index contributed by atoms with van der Waals surface area (Å²) in [6.07, 6.45) is 5.08. The lowest BCUT2D eigenvalue weighted by molar-refractivity contribution is -0.146. The molecule has 2 heterocycles. The largest absolute Gasteiger partial charge is 0.469 e. The SMILES string of the molecule is COC(=O)[C@H]1CC[C@H](c2nnc(-c3ccc(-c4ccc(F)nc4)cc3)s2)CC1. The lowest BCUT2D eigenvalue weighted by atomic mass is 9.82. The van der Waals surface area contributed by atoms with Crippen molar-refractivity contribution in [1.82, 2.24) is 15.2 Å². The van der Waals surface area contributed by atoms with Crippen molar-refractivity contribution >= 4 is 17.3 Å². The zero-order valence-corrected chi connectivity index (χ0v) is 16.3. The van der Waals surface area contributed by atoms with Gasteiger partial charge in [0, 0.05) is 23.2 Å². The van der Waals surface area contributed by atoms with Gasteiger partial charge in [0.05, 0.1) is 13.0 Å². The van der Waals surface area contributed by atoms with Gasteiger partial charge in [0.2, 0.25) is 5.95 Å². The van der Waals surface area contributed by atoms with Crippen molar-refractivity contribution in [2.45, 2.75) is 31.6 Å². The number of esters is 1. The molecule has 0 N–H and O–H groups in total. The van der Waals surface area contributed by atoms with Gasteiger partial charge in [-0.2, -0.15) is 4.39 Å². The smallest absolute Gasteiger partial charge is 0.308 e. The first-order valence-electron chi connectivity index (χ1n) is 9.27. The van der Waals surface area contributed by atoms with Crippen LogP contribution in [0.15, 0.2) is 42.6 Å². The Morgan fingerprint density at radius 2 is 1.68 bits per heavy atom. The highest BCUT2D eigenvalue weighted by molar-refractivity contribution is 7.14. The number of nitrogens with zero attached hydrogens (tertiary/aromatic N) is 3. The van der Waals surface area contributed by atoms with Gasteiger partial charge in [-0.05, 0) is 43.4 Å². The second kappa shape index (κ2) is 8.14. The molecule has 3 aromatic rings. The summed E-state index contributed by atoms with van der Waals surface area (Å²) in [5, 5.41) is 10.7. The minimum absolute atomic E-state index is 0.0159. The highest BCUT2D eigenvalue weighted by Crippen LogP contribution is 2.39. The Balaban J connectivity index is 1.44. The molecule has 1 aliphatic rings. The molecule has 0 radical (unpaired) electrons. The predicted octanol–water partition coefficient (Wildman–Crippen LogP) is 4.85. The third-order valence-corrected chi connectivity index (χ3v) is 6.38. The van der Waals surface area contributed by atoms with E-state index in [4.69, 9.17) is 4.74 Å². The van der Waals surface area contributed by atoms with Gasteiger partial charge < -0.3 is 4.74 Å². The minimum atomic E-state index is -0.484. The molecular formula is C21H20FN3O2S. The summed E-state index contributed by atoms with van der Waals surface area (Å²) in [4.78, 5) is 15.4. The van der Waals surface area contributed by atoms with Crippen LogP contribution in [-0.2, 0) is 9.53 Å². The quantitative estimate of drug-likeness (QED) is 0.465. The van der Waals surface area contributed by atoms with Crippen LogP contribution in [0.3, 0.4) is 0 Å². The van der Waals surface area contributed by atoms with E-state index in [-0.39, 0.29) is 11.9 Å². The van der Waals surface area contributed by atoms with Crippen molar-refractivity contribution < 1.29 is 13.9 Å². The lowest BCUT2D eigenvalue weighted by Gasteiger charge is -2.25. The average Bonchev–Trinajstić information content (AvgIpc) is 3.24. The summed E-state index contributed by atoms with van der Waals surface area (Å²) < 4.78 is 17.8. The maximum absolute atomic E-state index is 13.0. The van der Waals surface area contributed by atoms with E-state index in [1.165, 1.54) is 19.4 Å². The van der Waals surface area contributed by atoms with Crippen molar-refractivity contribution in [2.75, 3.05) is 7.11 Å². The van der Waals surface area contributed by atoms with Crippen LogP contribution in [0.4, 0.5) is 4.39 Å². The molecule has 4 rings (SSSR count). The number of methoxy groups -OCH3 is 1. The summed E-state index contributed by atoms with van der Waals surface area (Å²) in [5.41, 5.74) is 2.85. The fraction of sp³-hybridized carbons (Fsp3) is 0.333. The Morgan fingerprint density at radius 3 is 2.32 bits per heavy atom. The van der Waals surface area contributed by atoms with Gasteiger partial charge in [-0.15, -0.1) is 10.2 Å². The summed E-state index contributed by atoms with van der Waals surface area (Å²) >= 11 is 1.61. The molecule has 1 aliphatic carbocycles. The molecule has 1 saturated carbocycles. The second-order valence-electron chi connectivity index (χ2n) is 6.96. The van der Waals surface area contributed by atoms with Gasteiger partial charge in [-0.3, -0.25) is 4.79 Å². The maximum Gasteiger partial charge on any atom is 0.308 e. The van der Waals surface area contributed by atoms with Gasteiger partial charge in [-0.1, -0.05) is 35.6 Å². The molecule has 1 aromatic carbocycles. The number of aromatic nitrogens is 3. The lowest BCUT2D eigenvalue weighted by Crippen LogP contribution is -2.22. The third-order valence-electron chi connectivity index (χ3n) is 5.24. The van der Waals surface area contributed by atoms with Crippen molar-refractivity contribution in [3.05, 3.63) is 53.6 Å². The van der Waals surface area contributed by atoms with Crippen LogP contribution in [0.25, 0.3) is 21.7 Å². The Bertz CT molecular complexity index is 949. The number of hydrogen-bond donors (Lipinski definition) is 0. The number of hydrogen-bond acceptors (Lipinski definition) is 6. The van der Waals surface area contributed by atoms with Crippen molar-refractivity contribution in [3.8, 4) is 21.7 Å². The topological polar surface area (TPSA) is 65.0 Å². The first kappa shape index (κ1) is 18.7. The molecule has 0 spiro atoms. The maximum atomic E-state index is 13.0. The number of carbonyl (C=O) groups is 1. The summed E-state index contributed by atoms with van der Waals surface area (Å²) in [7, 11) is 1.45. The fourth-order valence-corrected chi connectivity index (χ4v) is 4.63. The normalized spacial score (nSPS) is 19.4. The highest BCUT2D eigenvalue weighted by atomic mass is 32.1. The number of pyridine rings is 1. The van der Waals surface area contributed by atoms with Gasteiger partial charge in [0.1, 0.15) is 10.0 Å². The van der Waals surface area contributed by atoms with E-state index >= 15 is 0 Å². The Hall–Kier alpha value is -2.67. The zero-order valence-electron chi connectivity index (χ0n) is 15.5. The van der Waals surface area contributed by atoms with Crippen LogP contribution in [0.5, 0.6) is 0 Å². The molecule has 0 unspecified atom stereocenters. The Kier molecular flexibility index (Phi) is 5.43. The molecule has 0 bridgehead atoms. The number of carbonyl (C=O) groups excluding carboxylic acids is 1. The van der Waals surface area contributed by atoms with E-state index in [0.29, 0.717) is 5.92 Å². The van der Waals surface area contributed by atoms with E-state index < -0.39 is 5.95 Å². The van der Waals surface area contributed by atoms with Crippen LogP contribution in [0, 0.1) is 11.9 Å². The predicted molar refractivity (Wildman–Crippen MR) is 105 cm³/mol. The van der Waals surface area contributed by atoms with Crippen LogP contribution in [-0.4, -0.2) is 28.3 Å². The standard InChI is InChI=1S/C21H20FN3O2S/c1-27-21(26)16-8-6-15(7-9-16)20-25-24-19(28-20)14-4-2-13(3-5-14)17-10-11-18(22)23-12-17/h2-5,10-12,15-16H,6-9H2,1H3/t15-,16-. The van der Waals surface area contributed by atoms with E-state index in [1.54, 1.807) is 17.4 Å². The van der Waals surface area contributed by atoms with Crippen LogP contribution in [0.1, 0.15) is 36.6 Å². The van der Waals surface area contributed by atoms with E-state index in [1.807, 2.05) is 24.3 Å². The van der Waals surface area contributed by atoms with E-state index in [9.17, 15) is 9.18 Å². The van der Waals surface area contributed by atoms with E-state index in [0.717, 1.165) is 52.4 Å². The number of halogens is 1. The first-order chi connectivity index (χ1) is 13.6. The number of ether oxygens (including phenoxy) is 1. The Morgan fingerprint density at radius 1 is 1.00 bits per heavy atom. The highest BCUT2D eigenvalue weighted by Gasteiger charge is 2.29. The molecule has 28 heavy (non-hydrogen) atoms. The summed E-state index contributed by atoms with van der Waals surface area (Å²) in [6.45, 7) is 0. The molecule has 0 atom stereocenters. The minimum Gasteiger partial charge on any atom is -0.469 e. The number of benzene rings is 1. The Labute approximate surface area is 166 Å². The number of rotatable bonds is 4. The molecule has 2 aromatic heterocycles. The fourth-order valence-electron chi connectivity index (χ4n) is 3.61. The van der Waals surface area contributed by atoms with E-state index in [2.05, 4.69) is 15.2 Å². The molecule has 1 fully saturated rings. The van der Waals surface area contributed by atoms with Gasteiger partial charge in [-0.25, -0.2) is 4.98 Å². The van der Waals surface area contributed by atoms with Crippen molar-refractivity contribution in [1.29, 1.82) is 0 Å². The van der Waals surface area contributed by atoms with Crippen LogP contribution < -0.4 is 0 Å². The second-order valence-corrected chi connectivity index (χ2v) is 7.97. The first-order valence-corrected chi connectivity index (χ1v) is 10.1. The van der Waals surface area contributed by atoms with Gasteiger partial charge in [0.25, 0.3) is 0 Å². The van der Waals surface area contributed by atoms with Crippen molar-refractivity contribution in [2.24, 2.45) is 5.92 Å². The summed E-state index contributed by atoms with van der Waals surface area (Å²) in [5.74, 6) is -0.214. The van der Waals surface area contributed by atoms with Gasteiger partial charge in [0.15, 0.2) is 0 Å². The van der Waals surface area contributed by atoms with Crippen LogP contribution in [0.2, 0.25) is 0 Å². The van der Waals surface area contributed by atoms with Gasteiger partial charge >= 0.3 is 5.97 Å². The molecular weight excluding hydrogens is 377 g/mol. The van der Waals surface area contributed by atoms with Crippen molar-refractivity contribution in [3.63, 3.8) is 0 Å². The summed E-state index contributed by atoms with van der Waals surface area (Å²) in [6, 6.07) is 11.0. The van der Waals surface area contributed by atoms with Crippen LogP contribution >= 0.6 is 11.3 Å². The molecule has 5 nitrogen and oxygen atoms in total. The molecule has 0 amide bonds. The monoisotopic (exact) mass is 397 g/mol.